The predicted octanol–water partition coefficient (Wildman–Crippen LogP) is 4.97. The maximum absolute atomic E-state index is 12.7. The molecule has 0 spiro atoms. The summed E-state index contributed by atoms with van der Waals surface area (Å²) in [6, 6.07) is 16.3. The minimum Gasteiger partial charge on any atom is -0.307 e. The molecule has 0 fully saturated rings. The molecule has 132 valence electrons. The van der Waals surface area contributed by atoms with Gasteiger partial charge in [-0.3, -0.25) is 4.79 Å². The molecule has 0 aliphatic heterocycles. The van der Waals surface area contributed by atoms with Crippen molar-refractivity contribution in [3.63, 3.8) is 0 Å². The number of fused-ring (bicyclic) bond motifs is 1. The molecule has 4 rings (SSSR count). The Morgan fingerprint density at radius 1 is 1.19 bits per heavy atom. The topological polar surface area (TPSA) is 46.9 Å². The van der Waals surface area contributed by atoms with Crippen molar-refractivity contribution in [3.8, 4) is 0 Å². The lowest BCUT2D eigenvalue weighted by Gasteiger charge is -2.27. The first-order chi connectivity index (χ1) is 12.6. The Hall–Kier alpha value is -2.15. The van der Waals surface area contributed by atoms with Crippen LogP contribution in [-0.4, -0.2) is 15.7 Å². The Bertz CT molecular complexity index is 946. The van der Waals surface area contributed by atoms with Gasteiger partial charge >= 0.3 is 0 Å². The van der Waals surface area contributed by atoms with E-state index in [1.165, 1.54) is 11.1 Å². The van der Waals surface area contributed by atoms with Gasteiger partial charge in [0, 0.05) is 14.7 Å². The van der Waals surface area contributed by atoms with Crippen LogP contribution in [0.5, 0.6) is 0 Å². The van der Waals surface area contributed by atoms with Gasteiger partial charge in [-0.25, -0.2) is 4.68 Å². The molecule has 1 aromatic heterocycles. The van der Waals surface area contributed by atoms with Gasteiger partial charge in [0.1, 0.15) is 5.82 Å². The van der Waals surface area contributed by atoms with Crippen LogP contribution in [0.4, 0.5) is 5.82 Å². The quantitative estimate of drug-likeness (QED) is 0.565. The smallest absolute Gasteiger partial charge is 0.256 e. The molecule has 5 heteroatoms. The number of benzene rings is 2. The fourth-order valence-electron chi connectivity index (χ4n) is 3.60. The number of hydrogen-bond donors (Lipinski definition) is 1. The Kier molecular flexibility index (Phi) is 4.80. The van der Waals surface area contributed by atoms with Gasteiger partial charge < -0.3 is 5.32 Å². The number of hydrogen-bond acceptors (Lipinski definition) is 2. The summed E-state index contributed by atoms with van der Waals surface area (Å²) in [7, 11) is 0. The van der Waals surface area contributed by atoms with Gasteiger partial charge in [-0.1, -0.05) is 24.3 Å². The van der Waals surface area contributed by atoms with E-state index >= 15 is 0 Å². The zero-order chi connectivity index (χ0) is 18.1. The third-order valence-electron chi connectivity index (χ3n) is 4.95. The summed E-state index contributed by atoms with van der Waals surface area (Å²) in [5.74, 6) is 0.686. The van der Waals surface area contributed by atoms with Crippen molar-refractivity contribution in [3.05, 3.63) is 80.6 Å². The molecule has 2 aromatic carbocycles. The summed E-state index contributed by atoms with van der Waals surface area (Å²) in [5.41, 5.74) is 4.33. The molecule has 0 bridgehead atoms. The van der Waals surface area contributed by atoms with Crippen LogP contribution in [0.1, 0.15) is 45.9 Å². The van der Waals surface area contributed by atoms with E-state index in [0.717, 1.165) is 34.2 Å². The third kappa shape index (κ3) is 3.28. The van der Waals surface area contributed by atoms with Crippen molar-refractivity contribution < 1.29 is 4.79 Å². The average molecular weight is 457 g/mol. The molecule has 26 heavy (non-hydrogen) atoms. The highest BCUT2D eigenvalue weighted by Gasteiger charge is 2.25. The molecule has 4 nitrogen and oxygen atoms in total. The largest absolute Gasteiger partial charge is 0.307 e. The average Bonchev–Trinajstić information content (AvgIpc) is 3.02. The Balaban J connectivity index is 1.66. The van der Waals surface area contributed by atoms with Crippen LogP contribution in [0.25, 0.3) is 0 Å². The van der Waals surface area contributed by atoms with Gasteiger partial charge in [-0.2, -0.15) is 5.10 Å². The summed E-state index contributed by atoms with van der Waals surface area (Å²) in [6.07, 6.45) is 5.10. The van der Waals surface area contributed by atoms with E-state index in [0.29, 0.717) is 5.56 Å². The molecule has 1 aliphatic rings. The maximum Gasteiger partial charge on any atom is 0.256 e. The fourth-order valence-corrected chi connectivity index (χ4v) is 3.96. The summed E-state index contributed by atoms with van der Waals surface area (Å²) >= 11 is 2.24. The molecule has 1 aliphatic carbocycles. The number of rotatable bonds is 3. The van der Waals surface area contributed by atoms with E-state index in [1.54, 1.807) is 0 Å². The number of anilines is 1. The van der Waals surface area contributed by atoms with Gasteiger partial charge in [0.2, 0.25) is 0 Å². The maximum atomic E-state index is 12.7. The normalized spacial score (nSPS) is 16.2. The molecule has 3 aromatic rings. The second-order valence-corrected chi connectivity index (χ2v) is 7.93. The summed E-state index contributed by atoms with van der Waals surface area (Å²) in [4.78, 5) is 12.7. The number of carbonyl (C=O) groups excluding carboxylic acids is 1. The van der Waals surface area contributed by atoms with Crippen LogP contribution < -0.4 is 5.32 Å². The summed E-state index contributed by atoms with van der Waals surface area (Å²) < 4.78 is 3.09. The Labute approximate surface area is 166 Å². The third-order valence-corrected chi connectivity index (χ3v) is 5.67. The van der Waals surface area contributed by atoms with Crippen LogP contribution in [0.3, 0.4) is 0 Å². The molecule has 1 unspecified atom stereocenters. The van der Waals surface area contributed by atoms with E-state index < -0.39 is 0 Å². The zero-order valence-electron chi connectivity index (χ0n) is 14.6. The summed E-state index contributed by atoms with van der Waals surface area (Å²) in [6.45, 7) is 1.99. The van der Waals surface area contributed by atoms with Crippen molar-refractivity contribution in [2.75, 3.05) is 5.32 Å². The van der Waals surface area contributed by atoms with E-state index in [-0.39, 0.29) is 11.9 Å². The Morgan fingerprint density at radius 3 is 2.77 bits per heavy atom. The SMILES string of the molecule is Cc1cnn(C2CCCc3ccccc32)c1NC(=O)c1ccc(I)cc1. The standard InChI is InChI=1S/C21H20IN3O/c1-14-13-23-25(19-8-4-6-15-5-2-3-7-18(15)19)20(14)24-21(26)16-9-11-17(22)12-10-16/h2-3,5,7,9-13,19H,4,6,8H2,1H3,(H,24,26). The molecule has 1 heterocycles. The van der Waals surface area contributed by atoms with Crippen molar-refractivity contribution in [2.24, 2.45) is 0 Å². The van der Waals surface area contributed by atoms with Crippen LogP contribution in [0.15, 0.2) is 54.7 Å². The van der Waals surface area contributed by atoms with Gasteiger partial charge in [0.25, 0.3) is 5.91 Å². The van der Waals surface area contributed by atoms with Crippen LogP contribution >= 0.6 is 22.6 Å². The van der Waals surface area contributed by atoms with Crippen molar-refractivity contribution >= 4 is 34.3 Å². The second-order valence-electron chi connectivity index (χ2n) is 6.69. The minimum atomic E-state index is -0.102. The molecule has 1 amide bonds. The highest BCUT2D eigenvalue weighted by atomic mass is 127. The van der Waals surface area contributed by atoms with Crippen LogP contribution in [-0.2, 0) is 6.42 Å². The minimum absolute atomic E-state index is 0.102. The molecule has 1 N–H and O–H groups in total. The van der Waals surface area contributed by atoms with Gasteiger partial charge in [-0.15, -0.1) is 0 Å². The first-order valence-electron chi connectivity index (χ1n) is 8.82. The lowest BCUT2D eigenvalue weighted by atomic mass is 9.88. The van der Waals surface area contributed by atoms with Crippen LogP contribution in [0.2, 0.25) is 0 Å². The number of nitrogens with one attached hydrogen (secondary N) is 1. The predicted molar refractivity (Wildman–Crippen MR) is 112 cm³/mol. The van der Waals surface area contributed by atoms with E-state index in [1.807, 2.05) is 42.1 Å². The molecular formula is C21H20IN3O. The number of amides is 1. The highest BCUT2D eigenvalue weighted by Crippen LogP contribution is 2.35. The van der Waals surface area contributed by atoms with Crippen molar-refractivity contribution in [1.82, 2.24) is 9.78 Å². The lowest BCUT2D eigenvalue weighted by Crippen LogP contribution is -2.22. The number of halogens is 1. The fraction of sp³-hybridized carbons (Fsp3) is 0.238. The first kappa shape index (κ1) is 17.3. The monoisotopic (exact) mass is 457 g/mol. The Morgan fingerprint density at radius 2 is 1.96 bits per heavy atom. The highest BCUT2D eigenvalue weighted by molar-refractivity contribution is 14.1. The molecular weight excluding hydrogens is 437 g/mol. The lowest BCUT2D eigenvalue weighted by molar-refractivity contribution is 0.102. The first-order valence-corrected chi connectivity index (χ1v) is 9.90. The second kappa shape index (κ2) is 7.23. The van der Waals surface area contributed by atoms with E-state index in [2.05, 4.69) is 57.3 Å². The van der Waals surface area contributed by atoms with E-state index in [4.69, 9.17) is 0 Å². The van der Waals surface area contributed by atoms with Gasteiger partial charge in [0.15, 0.2) is 0 Å². The van der Waals surface area contributed by atoms with Crippen molar-refractivity contribution in [1.29, 1.82) is 0 Å². The van der Waals surface area contributed by atoms with Crippen molar-refractivity contribution in [2.45, 2.75) is 32.2 Å². The molecule has 0 saturated carbocycles. The number of carbonyl (C=O) groups is 1. The zero-order valence-corrected chi connectivity index (χ0v) is 16.7. The molecule has 0 radical (unpaired) electrons. The number of aryl methyl sites for hydroxylation is 2. The number of aromatic nitrogens is 2. The number of nitrogens with zero attached hydrogens (tertiary/aromatic N) is 2. The molecule has 0 saturated heterocycles. The van der Waals surface area contributed by atoms with Gasteiger partial charge in [0.05, 0.1) is 12.2 Å². The van der Waals surface area contributed by atoms with E-state index in [9.17, 15) is 4.79 Å². The molecule has 1 atom stereocenters. The van der Waals surface area contributed by atoms with Crippen LogP contribution in [0, 0.1) is 10.5 Å². The van der Waals surface area contributed by atoms with Gasteiger partial charge in [-0.05, 0) is 84.2 Å². The summed E-state index contributed by atoms with van der Waals surface area (Å²) in [5, 5.41) is 7.68.